The number of nitrogens with one attached hydrogen (secondary N) is 1. The van der Waals surface area contributed by atoms with Crippen LogP contribution in [0.3, 0.4) is 0 Å². The Morgan fingerprint density at radius 2 is 2.17 bits per heavy atom. The summed E-state index contributed by atoms with van der Waals surface area (Å²) in [6.07, 6.45) is 1.89. The molecule has 5 heteroatoms. The summed E-state index contributed by atoms with van der Waals surface area (Å²) < 4.78 is 26.0. The first kappa shape index (κ1) is 15.1. The van der Waals surface area contributed by atoms with E-state index in [1.54, 1.807) is 0 Å². The van der Waals surface area contributed by atoms with E-state index in [9.17, 15) is 13.6 Å². The number of amides is 1. The highest BCUT2D eigenvalue weighted by Gasteiger charge is 2.13. The van der Waals surface area contributed by atoms with Gasteiger partial charge in [-0.05, 0) is 24.5 Å². The van der Waals surface area contributed by atoms with Crippen LogP contribution in [0.25, 0.3) is 0 Å². The van der Waals surface area contributed by atoms with E-state index in [-0.39, 0.29) is 5.56 Å². The number of alkyl halides is 1. The fourth-order valence-corrected chi connectivity index (χ4v) is 2.26. The first-order valence-electron chi connectivity index (χ1n) is 5.87. The first-order chi connectivity index (χ1) is 8.58. The van der Waals surface area contributed by atoms with Gasteiger partial charge in [-0.3, -0.25) is 4.79 Å². The summed E-state index contributed by atoms with van der Waals surface area (Å²) in [5, 5.41) is 3.54. The van der Waals surface area contributed by atoms with Crippen LogP contribution in [0.15, 0.2) is 18.2 Å². The molecule has 0 radical (unpaired) electrons. The second kappa shape index (κ2) is 7.46. The summed E-state index contributed by atoms with van der Waals surface area (Å²) in [5.41, 5.74) is -0.120. The third kappa shape index (κ3) is 4.37. The van der Waals surface area contributed by atoms with Crippen molar-refractivity contribution in [3.63, 3.8) is 0 Å². The molecule has 1 rings (SSSR count). The molecule has 1 aromatic rings. The highest BCUT2D eigenvalue weighted by atomic mass is 79.9. The second-order valence-corrected chi connectivity index (χ2v) is 4.88. The van der Waals surface area contributed by atoms with Crippen LogP contribution in [0.2, 0.25) is 0 Å². The second-order valence-electron chi connectivity index (χ2n) is 4.09. The van der Waals surface area contributed by atoms with Crippen molar-refractivity contribution in [2.75, 3.05) is 11.9 Å². The van der Waals surface area contributed by atoms with Crippen LogP contribution in [0, 0.1) is 17.6 Å². The van der Waals surface area contributed by atoms with E-state index in [2.05, 4.69) is 21.2 Å². The predicted octanol–water partition coefficient (Wildman–Crippen LogP) is 3.51. The molecule has 18 heavy (non-hydrogen) atoms. The smallest absolute Gasteiger partial charge is 0.254 e. The van der Waals surface area contributed by atoms with Crippen molar-refractivity contribution in [2.45, 2.75) is 19.8 Å². The van der Waals surface area contributed by atoms with Crippen LogP contribution in [0.1, 0.15) is 30.1 Å². The Labute approximate surface area is 114 Å². The topological polar surface area (TPSA) is 29.1 Å². The Morgan fingerprint density at radius 1 is 1.44 bits per heavy atom. The number of carbonyl (C=O) groups is 1. The molecule has 0 aliphatic carbocycles. The van der Waals surface area contributed by atoms with E-state index in [0.29, 0.717) is 18.5 Å². The van der Waals surface area contributed by atoms with Crippen LogP contribution in [0.4, 0.5) is 8.78 Å². The average molecular weight is 320 g/mol. The number of carbonyl (C=O) groups excluding carboxylic acids is 1. The molecule has 100 valence electrons. The van der Waals surface area contributed by atoms with E-state index >= 15 is 0 Å². The van der Waals surface area contributed by atoms with Crippen molar-refractivity contribution >= 4 is 21.8 Å². The van der Waals surface area contributed by atoms with Crippen molar-refractivity contribution in [1.29, 1.82) is 0 Å². The van der Waals surface area contributed by atoms with Gasteiger partial charge in [-0.25, -0.2) is 8.78 Å². The Balaban J connectivity index is 2.59. The molecule has 0 aromatic heterocycles. The van der Waals surface area contributed by atoms with Gasteiger partial charge in [0.25, 0.3) is 5.91 Å². The van der Waals surface area contributed by atoms with Crippen LogP contribution in [-0.2, 0) is 0 Å². The maximum Gasteiger partial charge on any atom is 0.254 e. The minimum absolute atomic E-state index is 0.120. The quantitative estimate of drug-likeness (QED) is 0.799. The minimum Gasteiger partial charge on any atom is -0.352 e. The summed E-state index contributed by atoms with van der Waals surface area (Å²) in [7, 11) is 0. The normalized spacial score (nSPS) is 12.2. The highest BCUT2D eigenvalue weighted by molar-refractivity contribution is 9.09. The van der Waals surface area contributed by atoms with Gasteiger partial charge >= 0.3 is 0 Å². The SMILES string of the molecule is CCC(CCBr)CNC(=O)c1ccc(F)cc1F. The van der Waals surface area contributed by atoms with Gasteiger partial charge < -0.3 is 5.32 Å². The lowest BCUT2D eigenvalue weighted by Gasteiger charge is -2.14. The fourth-order valence-electron chi connectivity index (χ4n) is 1.61. The molecule has 0 aliphatic heterocycles. The molecule has 2 nitrogen and oxygen atoms in total. The molecular weight excluding hydrogens is 304 g/mol. The summed E-state index contributed by atoms with van der Waals surface area (Å²) in [4.78, 5) is 11.7. The van der Waals surface area contributed by atoms with E-state index in [1.165, 1.54) is 0 Å². The molecule has 0 fully saturated rings. The van der Waals surface area contributed by atoms with E-state index in [4.69, 9.17) is 0 Å². The molecule has 1 aromatic carbocycles. The molecule has 1 unspecified atom stereocenters. The Morgan fingerprint density at radius 3 is 2.72 bits per heavy atom. The van der Waals surface area contributed by atoms with Crippen molar-refractivity contribution in [3.05, 3.63) is 35.4 Å². The van der Waals surface area contributed by atoms with Crippen LogP contribution in [-0.4, -0.2) is 17.8 Å². The van der Waals surface area contributed by atoms with Gasteiger partial charge in [-0.2, -0.15) is 0 Å². The number of halogens is 3. The number of hydrogen-bond acceptors (Lipinski definition) is 1. The average Bonchev–Trinajstić information content (AvgIpc) is 2.34. The third-order valence-corrected chi connectivity index (χ3v) is 3.28. The van der Waals surface area contributed by atoms with Crippen molar-refractivity contribution < 1.29 is 13.6 Å². The molecule has 0 spiro atoms. The van der Waals surface area contributed by atoms with Crippen LogP contribution in [0.5, 0.6) is 0 Å². The first-order valence-corrected chi connectivity index (χ1v) is 6.99. The number of rotatable bonds is 6. The molecular formula is C13H16BrF2NO. The molecule has 1 N–H and O–H groups in total. The zero-order chi connectivity index (χ0) is 13.5. The standard InChI is InChI=1S/C13H16BrF2NO/c1-2-9(5-6-14)8-17-13(18)11-4-3-10(15)7-12(11)16/h3-4,7,9H,2,5-6,8H2,1H3,(H,17,18). The van der Waals surface area contributed by atoms with Crippen LogP contribution < -0.4 is 5.32 Å². The number of hydrogen-bond donors (Lipinski definition) is 1. The zero-order valence-corrected chi connectivity index (χ0v) is 11.8. The largest absolute Gasteiger partial charge is 0.352 e. The summed E-state index contributed by atoms with van der Waals surface area (Å²) in [6.45, 7) is 2.54. The third-order valence-electron chi connectivity index (χ3n) is 2.82. The van der Waals surface area contributed by atoms with Gasteiger partial charge in [-0.15, -0.1) is 0 Å². The van der Waals surface area contributed by atoms with Crippen molar-refractivity contribution in [1.82, 2.24) is 5.32 Å². The highest BCUT2D eigenvalue weighted by Crippen LogP contribution is 2.11. The van der Waals surface area contributed by atoms with Crippen molar-refractivity contribution in [3.8, 4) is 0 Å². The maximum absolute atomic E-state index is 13.3. The Hall–Kier alpha value is -0.970. The van der Waals surface area contributed by atoms with Gasteiger partial charge in [0, 0.05) is 17.9 Å². The van der Waals surface area contributed by atoms with Gasteiger partial charge in [-0.1, -0.05) is 29.3 Å². The minimum atomic E-state index is -0.832. The molecule has 1 atom stereocenters. The van der Waals surface area contributed by atoms with Gasteiger partial charge in [0.05, 0.1) is 5.56 Å². The summed E-state index contributed by atoms with van der Waals surface area (Å²) in [5.74, 6) is -1.66. The Bertz CT molecular complexity index is 412. The number of benzene rings is 1. The molecule has 1 amide bonds. The maximum atomic E-state index is 13.3. The molecule has 0 bridgehead atoms. The van der Waals surface area contributed by atoms with Gasteiger partial charge in [0.2, 0.25) is 0 Å². The van der Waals surface area contributed by atoms with Crippen LogP contribution >= 0.6 is 15.9 Å². The molecule has 0 aliphatic rings. The van der Waals surface area contributed by atoms with Crippen molar-refractivity contribution in [2.24, 2.45) is 5.92 Å². The lowest BCUT2D eigenvalue weighted by atomic mass is 10.0. The van der Waals surface area contributed by atoms with E-state index < -0.39 is 17.5 Å². The summed E-state index contributed by atoms with van der Waals surface area (Å²) in [6, 6.07) is 2.95. The zero-order valence-electron chi connectivity index (χ0n) is 10.2. The van der Waals surface area contributed by atoms with Gasteiger partial charge in [0.15, 0.2) is 0 Å². The molecule has 0 saturated carbocycles. The molecule has 0 heterocycles. The van der Waals surface area contributed by atoms with Gasteiger partial charge in [0.1, 0.15) is 11.6 Å². The fraction of sp³-hybridized carbons (Fsp3) is 0.462. The molecule has 0 saturated heterocycles. The lowest BCUT2D eigenvalue weighted by Crippen LogP contribution is -2.30. The lowest BCUT2D eigenvalue weighted by molar-refractivity contribution is 0.0942. The monoisotopic (exact) mass is 319 g/mol. The Kier molecular flexibility index (Phi) is 6.25. The summed E-state index contributed by atoms with van der Waals surface area (Å²) >= 11 is 3.35. The van der Waals surface area contributed by atoms with E-state index in [1.807, 2.05) is 6.92 Å². The van der Waals surface area contributed by atoms with E-state index in [0.717, 1.165) is 30.3 Å². The predicted molar refractivity (Wildman–Crippen MR) is 70.9 cm³/mol.